The van der Waals surface area contributed by atoms with Crippen molar-refractivity contribution in [1.29, 1.82) is 0 Å². The van der Waals surface area contributed by atoms with Crippen LogP contribution in [0.3, 0.4) is 0 Å². The lowest BCUT2D eigenvalue weighted by Crippen LogP contribution is -2.45. The summed E-state index contributed by atoms with van der Waals surface area (Å²) in [5, 5.41) is 10.4. The Labute approximate surface area is 115 Å². The minimum atomic E-state index is -0.0384. The largest absolute Gasteiger partial charge is 0.508 e. The highest BCUT2D eigenvalue weighted by Gasteiger charge is 2.46. The summed E-state index contributed by atoms with van der Waals surface area (Å²) in [6.45, 7) is 8.83. The minimum absolute atomic E-state index is 0.0384. The van der Waals surface area contributed by atoms with E-state index in [2.05, 4.69) is 26.8 Å². The van der Waals surface area contributed by atoms with Crippen molar-refractivity contribution < 1.29 is 9.84 Å². The van der Waals surface area contributed by atoms with Crippen LogP contribution in [0.25, 0.3) is 0 Å². The van der Waals surface area contributed by atoms with Crippen molar-refractivity contribution in [2.45, 2.75) is 58.5 Å². The van der Waals surface area contributed by atoms with Crippen LogP contribution in [0.4, 0.5) is 0 Å². The smallest absolute Gasteiger partial charge is 0.127 e. The lowest BCUT2D eigenvalue weighted by atomic mass is 9.64. The Morgan fingerprint density at radius 2 is 2.11 bits per heavy atom. The second kappa shape index (κ2) is 4.16. The van der Waals surface area contributed by atoms with Crippen LogP contribution in [0.5, 0.6) is 11.5 Å². The van der Waals surface area contributed by atoms with E-state index >= 15 is 0 Å². The molecule has 2 bridgehead atoms. The van der Waals surface area contributed by atoms with Crippen LogP contribution >= 0.6 is 0 Å². The third-order valence-electron chi connectivity index (χ3n) is 5.02. The molecule has 1 aromatic carbocycles. The summed E-state index contributed by atoms with van der Waals surface area (Å²) in [7, 11) is 0. The predicted octanol–water partition coefficient (Wildman–Crippen LogP) is 4.39. The van der Waals surface area contributed by atoms with Crippen LogP contribution in [0.1, 0.15) is 57.1 Å². The number of rotatable bonds is 1. The average Bonchev–Trinajstić information content (AvgIpc) is 2.25. The Morgan fingerprint density at radius 3 is 2.79 bits per heavy atom. The lowest BCUT2D eigenvalue weighted by molar-refractivity contribution is -0.00863. The molecule has 2 aliphatic rings. The van der Waals surface area contributed by atoms with E-state index in [1.807, 2.05) is 13.0 Å². The number of fused-ring (bicyclic) bond motifs is 4. The molecule has 2 nitrogen and oxygen atoms in total. The number of aryl methyl sites for hydroxylation is 1. The first-order valence-corrected chi connectivity index (χ1v) is 7.42. The molecule has 0 aromatic heterocycles. The Kier molecular flexibility index (Phi) is 2.81. The zero-order valence-corrected chi connectivity index (χ0v) is 12.4. The standard InChI is InChI=1S/C17H24O2/c1-10(2)12-5-6-17(4)9-13(12)16-14(18)7-11(3)8-15(16)19-17/h7-8,10,12-13,18H,5-6,9H2,1-4H3. The Hall–Kier alpha value is -1.18. The van der Waals surface area contributed by atoms with Gasteiger partial charge < -0.3 is 9.84 Å². The van der Waals surface area contributed by atoms with Crippen LogP contribution in [0.2, 0.25) is 0 Å². The first kappa shape index (κ1) is 12.8. The summed E-state index contributed by atoms with van der Waals surface area (Å²) in [5.41, 5.74) is 2.09. The molecule has 1 aliphatic carbocycles. The molecule has 3 rings (SSSR count). The number of hydrogen-bond donors (Lipinski definition) is 1. The van der Waals surface area contributed by atoms with Gasteiger partial charge in [0.15, 0.2) is 0 Å². The number of benzene rings is 1. The van der Waals surface area contributed by atoms with Gasteiger partial charge in [-0.1, -0.05) is 13.8 Å². The molecule has 1 N–H and O–H groups in total. The van der Waals surface area contributed by atoms with E-state index < -0.39 is 0 Å². The monoisotopic (exact) mass is 260 g/mol. The van der Waals surface area contributed by atoms with Crippen molar-refractivity contribution in [3.63, 3.8) is 0 Å². The summed E-state index contributed by atoms with van der Waals surface area (Å²) in [6, 6.07) is 3.96. The van der Waals surface area contributed by atoms with E-state index in [0.717, 1.165) is 29.7 Å². The third-order valence-corrected chi connectivity index (χ3v) is 5.02. The second-order valence-corrected chi connectivity index (χ2v) is 7.00. The van der Waals surface area contributed by atoms with Crippen molar-refractivity contribution in [2.24, 2.45) is 11.8 Å². The lowest BCUT2D eigenvalue weighted by Gasteiger charge is -2.49. The van der Waals surface area contributed by atoms with Gasteiger partial charge in [-0.25, -0.2) is 0 Å². The number of ether oxygens (including phenoxy) is 1. The quantitative estimate of drug-likeness (QED) is 0.811. The molecule has 0 spiro atoms. The van der Waals surface area contributed by atoms with Gasteiger partial charge in [0, 0.05) is 5.56 Å². The van der Waals surface area contributed by atoms with Gasteiger partial charge in [0.25, 0.3) is 0 Å². The molecule has 0 amide bonds. The van der Waals surface area contributed by atoms with E-state index in [-0.39, 0.29) is 5.60 Å². The summed E-state index contributed by atoms with van der Waals surface area (Å²) in [4.78, 5) is 0. The van der Waals surface area contributed by atoms with Gasteiger partial charge >= 0.3 is 0 Å². The molecule has 0 radical (unpaired) electrons. The van der Waals surface area contributed by atoms with Crippen LogP contribution in [-0.2, 0) is 0 Å². The molecule has 1 aromatic rings. The van der Waals surface area contributed by atoms with Crippen LogP contribution in [0, 0.1) is 18.8 Å². The van der Waals surface area contributed by atoms with Crippen molar-refractivity contribution >= 4 is 0 Å². The first-order valence-electron chi connectivity index (χ1n) is 7.42. The van der Waals surface area contributed by atoms with Crippen molar-refractivity contribution in [1.82, 2.24) is 0 Å². The zero-order valence-electron chi connectivity index (χ0n) is 12.4. The summed E-state index contributed by atoms with van der Waals surface area (Å²) in [6.07, 6.45) is 3.37. The number of hydrogen-bond acceptors (Lipinski definition) is 2. The van der Waals surface area contributed by atoms with E-state index in [1.165, 1.54) is 6.42 Å². The summed E-state index contributed by atoms with van der Waals surface area (Å²) < 4.78 is 6.22. The summed E-state index contributed by atoms with van der Waals surface area (Å²) in [5.74, 6) is 3.10. The molecule has 1 heterocycles. The minimum Gasteiger partial charge on any atom is -0.508 e. The van der Waals surface area contributed by atoms with Crippen LogP contribution < -0.4 is 4.74 Å². The fourth-order valence-electron chi connectivity index (χ4n) is 4.07. The maximum Gasteiger partial charge on any atom is 0.127 e. The van der Waals surface area contributed by atoms with Gasteiger partial charge in [0.2, 0.25) is 0 Å². The second-order valence-electron chi connectivity index (χ2n) is 7.00. The van der Waals surface area contributed by atoms with Crippen molar-refractivity contribution in [3.05, 3.63) is 23.3 Å². The molecular formula is C17H24O2. The predicted molar refractivity (Wildman–Crippen MR) is 76.8 cm³/mol. The normalized spacial score (nSPS) is 32.9. The third kappa shape index (κ3) is 2.01. The van der Waals surface area contributed by atoms with E-state index in [9.17, 15) is 5.11 Å². The molecular weight excluding hydrogens is 236 g/mol. The van der Waals surface area contributed by atoms with Gasteiger partial charge in [0.05, 0.1) is 0 Å². The zero-order chi connectivity index (χ0) is 13.8. The number of phenolic OH excluding ortho intramolecular Hbond substituents is 1. The number of phenols is 1. The molecule has 3 unspecified atom stereocenters. The average molecular weight is 260 g/mol. The van der Waals surface area contributed by atoms with E-state index in [1.54, 1.807) is 0 Å². The van der Waals surface area contributed by atoms with Crippen LogP contribution in [0.15, 0.2) is 12.1 Å². The molecule has 1 fully saturated rings. The SMILES string of the molecule is Cc1cc(O)c2c(c1)OC1(C)CCC(C(C)C)C2C1. The maximum atomic E-state index is 10.4. The van der Waals surface area contributed by atoms with E-state index in [0.29, 0.717) is 23.5 Å². The fourth-order valence-corrected chi connectivity index (χ4v) is 4.07. The number of aromatic hydroxyl groups is 1. The molecule has 1 aliphatic heterocycles. The van der Waals surface area contributed by atoms with Gasteiger partial charge in [-0.3, -0.25) is 0 Å². The van der Waals surface area contributed by atoms with Gasteiger partial charge in [-0.05, 0) is 68.6 Å². The summed E-state index contributed by atoms with van der Waals surface area (Å²) >= 11 is 0. The highest BCUT2D eigenvalue weighted by molar-refractivity contribution is 5.51. The Morgan fingerprint density at radius 1 is 1.37 bits per heavy atom. The highest BCUT2D eigenvalue weighted by atomic mass is 16.5. The molecule has 0 saturated heterocycles. The van der Waals surface area contributed by atoms with Gasteiger partial charge in [-0.2, -0.15) is 0 Å². The molecule has 1 saturated carbocycles. The molecule has 3 atom stereocenters. The highest BCUT2D eigenvalue weighted by Crippen LogP contribution is 2.55. The van der Waals surface area contributed by atoms with Gasteiger partial charge in [0.1, 0.15) is 17.1 Å². The molecule has 2 heteroatoms. The Balaban J connectivity index is 2.12. The van der Waals surface area contributed by atoms with Crippen molar-refractivity contribution in [2.75, 3.05) is 0 Å². The van der Waals surface area contributed by atoms with Crippen LogP contribution in [-0.4, -0.2) is 10.7 Å². The van der Waals surface area contributed by atoms with Gasteiger partial charge in [-0.15, -0.1) is 0 Å². The van der Waals surface area contributed by atoms with Crippen molar-refractivity contribution in [3.8, 4) is 11.5 Å². The van der Waals surface area contributed by atoms with E-state index in [4.69, 9.17) is 4.74 Å². The Bertz CT molecular complexity index is 506. The topological polar surface area (TPSA) is 29.5 Å². The molecule has 104 valence electrons. The molecule has 19 heavy (non-hydrogen) atoms. The maximum absolute atomic E-state index is 10.4. The fraction of sp³-hybridized carbons (Fsp3) is 0.647. The first-order chi connectivity index (χ1) is 8.89.